The quantitative estimate of drug-likeness (QED) is 0.717. The Balaban J connectivity index is 2.46. The van der Waals surface area contributed by atoms with E-state index in [-0.39, 0.29) is 18.4 Å². The van der Waals surface area contributed by atoms with E-state index in [0.717, 1.165) is 5.56 Å². The van der Waals surface area contributed by atoms with Gasteiger partial charge in [0.15, 0.2) is 0 Å². The lowest BCUT2D eigenvalue weighted by atomic mass is 9.96. The van der Waals surface area contributed by atoms with E-state index in [1.54, 1.807) is 0 Å². The number of carbonyl (C=O) groups is 2. The summed E-state index contributed by atoms with van der Waals surface area (Å²) in [6.07, 6.45) is 1.65. The summed E-state index contributed by atoms with van der Waals surface area (Å²) < 4.78 is 0. The van der Waals surface area contributed by atoms with Gasteiger partial charge in [-0.3, -0.25) is 9.59 Å². The van der Waals surface area contributed by atoms with Gasteiger partial charge in [0.05, 0.1) is 6.04 Å². The Kier molecular flexibility index (Phi) is 6.77. The molecule has 110 valence electrons. The maximum absolute atomic E-state index is 11.9. The fourth-order valence-corrected chi connectivity index (χ4v) is 2.10. The minimum absolute atomic E-state index is 0.00294. The molecule has 0 heterocycles. The van der Waals surface area contributed by atoms with E-state index in [2.05, 4.69) is 19.2 Å². The molecular weight excluding hydrogens is 254 g/mol. The number of nitrogens with one attached hydrogen (secondary N) is 1. The molecule has 1 aromatic rings. The van der Waals surface area contributed by atoms with E-state index in [9.17, 15) is 9.59 Å². The zero-order valence-electron chi connectivity index (χ0n) is 12.1. The summed E-state index contributed by atoms with van der Waals surface area (Å²) in [7, 11) is 0. The lowest BCUT2D eigenvalue weighted by molar-refractivity contribution is -0.137. The van der Waals surface area contributed by atoms with Gasteiger partial charge in [0, 0.05) is 12.8 Å². The Morgan fingerprint density at radius 1 is 1.10 bits per heavy atom. The number of benzene rings is 1. The van der Waals surface area contributed by atoms with Gasteiger partial charge in [-0.2, -0.15) is 0 Å². The van der Waals surface area contributed by atoms with Crippen molar-refractivity contribution in [3.8, 4) is 0 Å². The lowest BCUT2D eigenvalue weighted by Gasteiger charge is -2.23. The molecule has 0 bridgehead atoms. The minimum Gasteiger partial charge on any atom is -0.481 e. The summed E-state index contributed by atoms with van der Waals surface area (Å²) in [5, 5.41) is 11.6. The molecule has 0 spiro atoms. The van der Waals surface area contributed by atoms with Crippen molar-refractivity contribution in [3.05, 3.63) is 35.9 Å². The number of carboxylic acid groups (broad SMARTS) is 1. The highest BCUT2D eigenvalue weighted by atomic mass is 16.4. The van der Waals surface area contributed by atoms with Crippen molar-refractivity contribution in [2.45, 2.75) is 45.6 Å². The fraction of sp³-hybridized carbons (Fsp3) is 0.500. The first-order chi connectivity index (χ1) is 9.50. The van der Waals surface area contributed by atoms with Crippen LogP contribution in [0, 0.1) is 5.92 Å². The normalized spacial score (nSPS) is 12.2. The summed E-state index contributed by atoms with van der Waals surface area (Å²) in [5.41, 5.74) is 1.10. The molecule has 4 heteroatoms. The number of aliphatic carboxylic acids is 1. The Hall–Kier alpha value is -1.84. The van der Waals surface area contributed by atoms with Crippen molar-refractivity contribution >= 4 is 11.9 Å². The Morgan fingerprint density at radius 2 is 1.70 bits per heavy atom. The van der Waals surface area contributed by atoms with Crippen LogP contribution in [0.2, 0.25) is 0 Å². The molecule has 20 heavy (non-hydrogen) atoms. The monoisotopic (exact) mass is 277 g/mol. The van der Waals surface area contributed by atoms with Crippen LogP contribution < -0.4 is 5.32 Å². The number of hydrogen-bond donors (Lipinski definition) is 2. The van der Waals surface area contributed by atoms with Crippen molar-refractivity contribution in [1.82, 2.24) is 5.32 Å². The molecule has 0 aliphatic rings. The first kappa shape index (κ1) is 16.2. The molecule has 1 rings (SSSR count). The Labute approximate surface area is 120 Å². The maximum Gasteiger partial charge on any atom is 0.303 e. The highest BCUT2D eigenvalue weighted by Gasteiger charge is 2.17. The van der Waals surface area contributed by atoms with Gasteiger partial charge in [-0.15, -0.1) is 0 Å². The average molecular weight is 277 g/mol. The molecule has 1 atom stereocenters. The van der Waals surface area contributed by atoms with E-state index < -0.39 is 5.97 Å². The van der Waals surface area contributed by atoms with Crippen molar-refractivity contribution in [3.63, 3.8) is 0 Å². The highest BCUT2D eigenvalue weighted by Crippen LogP contribution is 2.21. The average Bonchev–Trinajstić information content (AvgIpc) is 2.41. The van der Waals surface area contributed by atoms with Crippen LogP contribution in [0.3, 0.4) is 0 Å². The smallest absolute Gasteiger partial charge is 0.303 e. The summed E-state index contributed by atoms with van der Waals surface area (Å²) in [6, 6.07) is 9.90. The van der Waals surface area contributed by atoms with Crippen LogP contribution in [0.25, 0.3) is 0 Å². The molecule has 0 fully saturated rings. The van der Waals surface area contributed by atoms with Gasteiger partial charge in [-0.1, -0.05) is 44.2 Å². The van der Waals surface area contributed by atoms with Gasteiger partial charge < -0.3 is 10.4 Å². The lowest BCUT2D eigenvalue weighted by Crippen LogP contribution is -2.31. The predicted octanol–water partition coefficient (Wildman–Crippen LogP) is 3.14. The Morgan fingerprint density at radius 3 is 2.25 bits per heavy atom. The first-order valence-electron chi connectivity index (χ1n) is 7.07. The zero-order chi connectivity index (χ0) is 15.0. The van der Waals surface area contributed by atoms with Crippen LogP contribution in [0.1, 0.15) is 51.1 Å². The molecule has 4 nitrogen and oxygen atoms in total. The van der Waals surface area contributed by atoms with Crippen molar-refractivity contribution < 1.29 is 14.7 Å². The molecule has 0 radical (unpaired) electrons. The van der Waals surface area contributed by atoms with Gasteiger partial charge in [0.2, 0.25) is 5.91 Å². The van der Waals surface area contributed by atoms with Gasteiger partial charge in [-0.05, 0) is 24.3 Å². The standard InChI is InChI=1S/C16H23NO3/c1-12(2)16(13-8-4-3-5-9-13)17-14(18)10-6-7-11-15(19)20/h3-5,8-9,12,16H,6-7,10-11H2,1-2H3,(H,17,18)(H,19,20). The second-order valence-electron chi connectivity index (χ2n) is 5.30. The molecule has 2 N–H and O–H groups in total. The number of rotatable bonds is 8. The van der Waals surface area contributed by atoms with Crippen LogP contribution in [0.4, 0.5) is 0 Å². The molecule has 0 saturated heterocycles. The van der Waals surface area contributed by atoms with E-state index in [4.69, 9.17) is 5.11 Å². The summed E-state index contributed by atoms with van der Waals surface area (Å²) in [6.45, 7) is 4.14. The first-order valence-corrected chi connectivity index (χ1v) is 7.07. The molecule has 1 amide bonds. The van der Waals surface area contributed by atoms with Gasteiger partial charge in [-0.25, -0.2) is 0 Å². The molecule has 1 aromatic carbocycles. The summed E-state index contributed by atoms with van der Waals surface area (Å²) in [4.78, 5) is 22.3. The zero-order valence-corrected chi connectivity index (χ0v) is 12.1. The van der Waals surface area contributed by atoms with Crippen molar-refractivity contribution in [2.75, 3.05) is 0 Å². The number of amides is 1. The van der Waals surface area contributed by atoms with Crippen LogP contribution in [0.15, 0.2) is 30.3 Å². The summed E-state index contributed by atoms with van der Waals surface area (Å²) in [5.74, 6) is -0.520. The molecule has 0 aromatic heterocycles. The molecule has 1 unspecified atom stereocenters. The molecule has 0 aliphatic carbocycles. The fourth-order valence-electron chi connectivity index (χ4n) is 2.10. The summed E-state index contributed by atoms with van der Waals surface area (Å²) >= 11 is 0. The van der Waals surface area contributed by atoms with Crippen molar-refractivity contribution in [2.24, 2.45) is 5.92 Å². The van der Waals surface area contributed by atoms with E-state index >= 15 is 0 Å². The third-order valence-electron chi connectivity index (χ3n) is 3.19. The van der Waals surface area contributed by atoms with Gasteiger partial charge in [0.25, 0.3) is 0 Å². The highest BCUT2D eigenvalue weighted by molar-refractivity contribution is 5.76. The number of unbranched alkanes of at least 4 members (excludes halogenated alkanes) is 1. The third-order valence-corrected chi connectivity index (χ3v) is 3.19. The van der Waals surface area contributed by atoms with Crippen LogP contribution >= 0.6 is 0 Å². The number of carboxylic acids is 1. The Bertz CT molecular complexity index is 429. The number of hydrogen-bond acceptors (Lipinski definition) is 2. The SMILES string of the molecule is CC(C)C(NC(=O)CCCCC(=O)O)c1ccccc1. The second-order valence-corrected chi connectivity index (χ2v) is 5.30. The molecular formula is C16H23NO3. The molecule has 0 aliphatic heterocycles. The predicted molar refractivity (Wildman–Crippen MR) is 78.3 cm³/mol. The van der Waals surface area contributed by atoms with Crippen LogP contribution in [0.5, 0.6) is 0 Å². The van der Waals surface area contributed by atoms with Crippen LogP contribution in [-0.4, -0.2) is 17.0 Å². The number of carbonyl (C=O) groups excluding carboxylic acids is 1. The van der Waals surface area contributed by atoms with E-state index in [1.165, 1.54) is 0 Å². The maximum atomic E-state index is 11.9. The third kappa shape index (κ3) is 5.87. The van der Waals surface area contributed by atoms with Gasteiger partial charge in [0.1, 0.15) is 0 Å². The topological polar surface area (TPSA) is 66.4 Å². The van der Waals surface area contributed by atoms with Crippen LogP contribution in [-0.2, 0) is 9.59 Å². The largest absolute Gasteiger partial charge is 0.481 e. The minimum atomic E-state index is -0.810. The second kappa shape index (κ2) is 8.35. The van der Waals surface area contributed by atoms with E-state index in [1.807, 2.05) is 30.3 Å². The van der Waals surface area contributed by atoms with E-state index in [0.29, 0.717) is 25.2 Å². The van der Waals surface area contributed by atoms with Gasteiger partial charge >= 0.3 is 5.97 Å². The van der Waals surface area contributed by atoms with Crippen molar-refractivity contribution in [1.29, 1.82) is 0 Å². The molecule has 0 saturated carbocycles.